The maximum absolute atomic E-state index is 13.7. The standard InChI is InChI=1S/C29H38BNO5/c1-3-19(15-20-8-7-11-22(32)16-20)12-13-25-26-18(2)14-23-27(24(26)17-30(35)36-25)29(34)31(28(23)33)21-9-5-4-6-10-21/h7-8,11,15-16,21,23-25,27,32,35H,3-6,9-10,12-14,17H2,1-2H3/b19-15+/t23-,24+,25-,27-/m1/s1. The van der Waals surface area contributed by atoms with Gasteiger partial charge in [-0.1, -0.05) is 55.5 Å². The molecule has 2 heterocycles. The molecule has 1 aromatic rings. The van der Waals surface area contributed by atoms with Crippen LogP contribution in [0.1, 0.15) is 77.2 Å². The fourth-order valence-electron chi connectivity index (χ4n) is 7.16. The molecule has 2 aliphatic heterocycles. The van der Waals surface area contributed by atoms with Crippen molar-refractivity contribution in [1.29, 1.82) is 0 Å². The van der Waals surface area contributed by atoms with Gasteiger partial charge in [0.2, 0.25) is 11.8 Å². The van der Waals surface area contributed by atoms with Gasteiger partial charge in [-0.25, -0.2) is 0 Å². The van der Waals surface area contributed by atoms with Crippen molar-refractivity contribution in [2.45, 2.75) is 90.1 Å². The lowest BCUT2D eigenvalue weighted by Gasteiger charge is -2.42. The molecular weight excluding hydrogens is 453 g/mol. The molecule has 0 unspecified atom stereocenters. The van der Waals surface area contributed by atoms with Gasteiger partial charge in [-0.3, -0.25) is 14.5 Å². The number of amides is 2. The van der Waals surface area contributed by atoms with Crippen molar-refractivity contribution in [1.82, 2.24) is 4.90 Å². The lowest BCUT2D eigenvalue weighted by atomic mass is 9.58. The molecule has 2 saturated heterocycles. The Bertz CT molecular complexity index is 1080. The molecule has 6 nitrogen and oxygen atoms in total. The number of fused-ring (bicyclic) bond motifs is 3. The number of hydrogen-bond acceptors (Lipinski definition) is 5. The second-order valence-electron chi connectivity index (χ2n) is 11.1. The fraction of sp³-hybridized carbons (Fsp3) is 0.586. The number of aromatic hydroxyl groups is 1. The highest BCUT2D eigenvalue weighted by Gasteiger charge is 2.57. The predicted molar refractivity (Wildman–Crippen MR) is 140 cm³/mol. The van der Waals surface area contributed by atoms with Gasteiger partial charge in [0.1, 0.15) is 5.75 Å². The van der Waals surface area contributed by atoms with Crippen LogP contribution < -0.4 is 0 Å². The van der Waals surface area contributed by atoms with Gasteiger partial charge in [-0.05, 0) is 81.0 Å². The Hall–Kier alpha value is -2.38. The Labute approximate surface area is 214 Å². The summed E-state index contributed by atoms with van der Waals surface area (Å²) in [4.78, 5) is 28.8. The molecule has 4 atom stereocenters. The van der Waals surface area contributed by atoms with Crippen LogP contribution in [0.25, 0.3) is 6.08 Å². The number of nitrogens with zero attached hydrogens (tertiary/aromatic N) is 1. The third-order valence-corrected chi connectivity index (χ3v) is 8.85. The van der Waals surface area contributed by atoms with Gasteiger partial charge in [0, 0.05) is 6.04 Å². The van der Waals surface area contributed by atoms with Crippen molar-refractivity contribution in [2.75, 3.05) is 0 Å². The molecule has 192 valence electrons. The Morgan fingerprint density at radius 1 is 1.17 bits per heavy atom. The molecule has 36 heavy (non-hydrogen) atoms. The van der Waals surface area contributed by atoms with Gasteiger partial charge < -0.3 is 14.8 Å². The van der Waals surface area contributed by atoms with Crippen LogP contribution in [0.3, 0.4) is 0 Å². The van der Waals surface area contributed by atoms with Crippen molar-refractivity contribution in [3.05, 3.63) is 46.5 Å². The topological polar surface area (TPSA) is 87.1 Å². The summed E-state index contributed by atoms with van der Waals surface area (Å²) in [5, 5.41) is 20.5. The molecule has 5 rings (SSSR count). The molecule has 1 aromatic carbocycles. The van der Waals surface area contributed by atoms with Crippen LogP contribution in [0.5, 0.6) is 5.75 Å². The van der Waals surface area contributed by atoms with E-state index >= 15 is 0 Å². The van der Waals surface area contributed by atoms with Crippen LogP contribution in [-0.4, -0.2) is 46.1 Å². The zero-order valence-electron chi connectivity index (χ0n) is 21.5. The summed E-state index contributed by atoms with van der Waals surface area (Å²) in [6, 6.07) is 7.27. The summed E-state index contributed by atoms with van der Waals surface area (Å²) < 4.78 is 6.06. The van der Waals surface area contributed by atoms with Crippen LogP contribution in [0.15, 0.2) is 41.0 Å². The van der Waals surface area contributed by atoms with Crippen LogP contribution in [0.4, 0.5) is 0 Å². The molecule has 2 amide bonds. The van der Waals surface area contributed by atoms with Crippen molar-refractivity contribution in [3.8, 4) is 5.75 Å². The molecule has 4 aliphatic rings. The van der Waals surface area contributed by atoms with Gasteiger partial charge in [-0.2, -0.15) is 0 Å². The minimum absolute atomic E-state index is 0.00940. The minimum atomic E-state index is -0.929. The number of phenols is 1. The van der Waals surface area contributed by atoms with Crippen molar-refractivity contribution in [2.24, 2.45) is 17.8 Å². The summed E-state index contributed by atoms with van der Waals surface area (Å²) in [6.45, 7) is 4.20. The molecule has 0 aromatic heterocycles. The first kappa shape index (κ1) is 25.3. The first-order valence-electron chi connectivity index (χ1n) is 13.8. The van der Waals surface area contributed by atoms with E-state index < -0.39 is 7.12 Å². The minimum Gasteiger partial charge on any atom is -0.508 e. The summed E-state index contributed by atoms with van der Waals surface area (Å²) >= 11 is 0. The predicted octanol–water partition coefficient (Wildman–Crippen LogP) is 5.12. The average Bonchev–Trinajstić information content (AvgIpc) is 3.11. The molecule has 7 heteroatoms. The van der Waals surface area contributed by atoms with E-state index in [4.69, 9.17) is 4.65 Å². The van der Waals surface area contributed by atoms with E-state index in [-0.39, 0.29) is 47.5 Å². The number of phenolic OH excluding ortho intramolecular Hbond substituents is 1. The lowest BCUT2D eigenvalue weighted by Crippen LogP contribution is -2.46. The number of likely N-dealkylation sites (tertiary alicyclic amines) is 1. The molecule has 0 radical (unpaired) electrons. The second kappa shape index (κ2) is 10.5. The Kier molecular flexibility index (Phi) is 7.41. The van der Waals surface area contributed by atoms with Crippen molar-refractivity contribution < 1.29 is 24.4 Å². The normalized spacial score (nSPS) is 29.6. The van der Waals surface area contributed by atoms with E-state index in [1.807, 2.05) is 12.1 Å². The molecule has 3 fully saturated rings. The quantitative estimate of drug-likeness (QED) is 0.328. The summed E-state index contributed by atoms with van der Waals surface area (Å²) in [5.74, 6) is -0.560. The van der Waals surface area contributed by atoms with Gasteiger partial charge in [0.25, 0.3) is 0 Å². The highest BCUT2D eigenvalue weighted by Crippen LogP contribution is 2.51. The van der Waals surface area contributed by atoms with E-state index in [1.54, 1.807) is 17.0 Å². The first-order valence-corrected chi connectivity index (χ1v) is 13.8. The summed E-state index contributed by atoms with van der Waals surface area (Å²) in [5.41, 5.74) is 4.49. The molecule has 2 N–H and O–H groups in total. The molecular formula is C29H38BNO5. The van der Waals surface area contributed by atoms with E-state index in [0.717, 1.165) is 55.2 Å². The van der Waals surface area contributed by atoms with Crippen LogP contribution in [0, 0.1) is 17.8 Å². The Balaban J connectivity index is 1.36. The third kappa shape index (κ3) is 4.80. The zero-order valence-corrected chi connectivity index (χ0v) is 21.5. The largest absolute Gasteiger partial charge is 0.508 e. The first-order chi connectivity index (χ1) is 17.4. The molecule has 0 spiro atoms. The number of carbonyl (C=O) groups is 2. The lowest BCUT2D eigenvalue weighted by molar-refractivity contribution is -0.143. The monoisotopic (exact) mass is 491 g/mol. The average molecular weight is 491 g/mol. The SMILES string of the molecule is CC/C(=C\c1cccc(O)c1)CC[C@H]1OB(O)C[C@H]2C1=C(C)C[C@H]1C(=O)N(C3CCCCC3)C(=O)[C@H]12. The number of rotatable bonds is 6. The second-order valence-corrected chi connectivity index (χ2v) is 11.1. The number of allylic oxidation sites excluding steroid dienone is 2. The van der Waals surface area contributed by atoms with Crippen molar-refractivity contribution >= 4 is 25.0 Å². The van der Waals surface area contributed by atoms with E-state index in [1.165, 1.54) is 12.0 Å². The number of imide groups is 1. The van der Waals surface area contributed by atoms with Gasteiger partial charge >= 0.3 is 7.12 Å². The molecule has 0 bridgehead atoms. The molecule has 1 saturated carbocycles. The van der Waals surface area contributed by atoms with Gasteiger partial charge in [0.15, 0.2) is 0 Å². The highest BCUT2D eigenvalue weighted by molar-refractivity contribution is 6.43. The number of hydrogen-bond donors (Lipinski definition) is 2. The third-order valence-electron chi connectivity index (χ3n) is 8.85. The van der Waals surface area contributed by atoms with E-state index in [0.29, 0.717) is 19.2 Å². The zero-order chi connectivity index (χ0) is 25.4. The van der Waals surface area contributed by atoms with Crippen LogP contribution >= 0.6 is 0 Å². The van der Waals surface area contributed by atoms with Gasteiger partial charge in [0.05, 0.1) is 17.9 Å². The fourth-order valence-corrected chi connectivity index (χ4v) is 7.16. The highest BCUT2D eigenvalue weighted by atomic mass is 16.5. The Morgan fingerprint density at radius 3 is 2.67 bits per heavy atom. The Morgan fingerprint density at radius 2 is 1.94 bits per heavy atom. The molecule has 2 aliphatic carbocycles. The number of benzene rings is 1. The van der Waals surface area contributed by atoms with E-state index in [9.17, 15) is 19.7 Å². The van der Waals surface area contributed by atoms with Crippen LogP contribution in [0.2, 0.25) is 6.32 Å². The van der Waals surface area contributed by atoms with E-state index in [2.05, 4.69) is 19.9 Å². The summed E-state index contributed by atoms with van der Waals surface area (Å²) in [7, 11) is -0.929. The maximum Gasteiger partial charge on any atom is 0.455 e. The van der Waals surface area contributed by atoms with Gasteiger partial charge in [-0.15, -0.1) is 0 Å². The van der Waals surface area contributed by atoms with Crippen LogP contribution in [-0.2, 0) is 14.2 Å². The summed E-state index contributed by atoms with van der Waals surface area (Å²) in [6.07, 6.45) is 10.4. The van der Waals surface area contributed by atoms with Crippen molar-refractivity contribution in [3.63, 3.8) is 0 Å². The smallest absolute Gasteiger partial charge is 0.455 e. The maximum atomic E-state index is 13.7. The number of carbonyl (C=O) groups excluding carboxylic acids is 2.